The predicted molar refractivity (Wildman–Crippen MR) is 144 cm³/mol. The highest BCUT2D eigenvalue weighted by Crippen LogP contribution is 2.26. The predicted octanol–water partition coefficient (Wildman–Crippen LogP) is 5.00. The van der Waals surface area contributed by atoms with Crippen molar-refractivity contribution >= 4 is 22.6 Å². The molecule has 3 heterocycles. The Morgan fingerprint density at radius 2 is 1.81 bits per heavy atom. The van der Waals surface area contributed by atoms with Gasteiger partial charge in [0, 0.05) is 61.5 Å². The monoisotopic (exact) mass is 483 g/mol. The molecule has 2 N–H and O–H groups in total. The Bertz CT molecular complexity index is 1290. The van der Waals surface area contributed by atoms with Gasteiger partial charge < -0.3 is 19.9 Å². The molecule has 7 heteroatoms. The zero-order valence-corrected chi connectivity index (χ0v) is 20.9. The van der Waals surface area contributed by atoms with Crippen molar-refractivity contribution < 1.29 is 9.53 Å². The standard InChI is InChI=1S/C29H33N5O2/c1-21-18-33(19-22(2)36-21)15-13-24-20-34(28-8-4-3-7-27(24)28)26-11-9-25(10-12-26)32-29(35)31-17-23-6-5-14-30-16-23/h3-12,14,16,20-22H,13,15,17-19H2,1-2H3,(H2,31,32,35). The molecule has 0 spiro atoms. The second-order valence-corrected chi connectivity index (χ2v) is 9.52. The third-order valence-corrected chi connectivity index (χ3v) is 6.57. The quantitative estimate of drug-likeness (QED) is 0.388. The average molecular weight is 484 g/mol. The molecule has 36 heavy (non-hydrogen) atoms. The van der Waals surface area contributed by atoms with Gasteiger partial charge in [-0.15, -0.1) is 0 Å². The Balaban J connectivity index is 1.26. The Hall–Kier alpha value is -3.68. The van der Waals surface area contributed by atoms with E-state index in [0.29, 0.717) is 6.54 Å². The Labute approximate surface area is 212 Å². The fourth-order valence-corrected chi connectivity index (χ4v) is 4.97. The second-order valence-electron chi connectivity index (χ2n) is 9.52. The number of ether oxygens (including phenoxy) is 1. The number of nitrogens with one attached hydrogen (secondary N) is 2. The van der Waals surface area contributed by atoms with Crippen molar-refractivity contribution in [1.29, 1.82) is 0 Å². The molecule has 2 unspecified atom stereocenters. The van der Waals surface area contributed by atoms with Crippen molar-refractivity contribution in [2.45, 2.75) is 39.0 Å². The number of pyridine rings is 1. The number of hydrogen-bond acceptors (Lipinski definition) is 4. The molecule has 2 amide bonds. The van der Waals surface area contributed by atoms with Crippen LogP contribution in [0.4, 0.5) is 10.5 Å². The molecule has 0 saturated carbocycles. The highest BCUT2D eigenvalue weighted by atomic mass is 16.5. The molecule has 186 valence electrons. The molecule has 1 fully saturated rings. The van der Waals surface area contributed by atoms with Crippen molar-refractivity contribution in [3.05, 3.63) is 90.4 Å². The lowest BCUT2D eigenvalue weighted by Gasteiger charge is -2.35. The van der Waals surface area contributed by atoms with E-state index in [4.69, 9.17) is 4.74 Å². The number of urea groups is 1. The van der Waals surface area contributed by atoms with Gasteiger partial charge >= 0.3 is 6.03 Å². The fourth-order valence-electron chi connectivity index (χ4n) is 4.97. The van der Waals surface area contributed by atoms with Crippen LogP contribution in [0.3, 0.4) is 0 Å². The number of rotatable bonds is 7. The number of amides is 2. The Morgan fingerprint density at radius 1 is 1.03 bits per heavy atom. The normalized spacial score (nSPS) is 18.3. The van der Waals surface area contributed by atoms with Crippen LogP contribution in [0.5, 0.6) is 0 Å². The number of anilines is 1. The van der Waals surface area contributed by atoms with Gasteiger partial charge in [0.15, 0.2) is 0 Å². The minimum atomic E-state index is -0.243. The van der Waals surface area contributed by atoms with Crippen molar-refractivity contribution in [2.24, 2.45) is 0 Å². The van der Waals surface area contributed by atoms with Gasteiger partial charge in [-0.25, -0.2) is 4.79 Å². The fraction of sp³-hybridized carbons (Fsp3) is 0.310. The maximum Gasteiger partial charge on any atom is 0.319 e. The molecule has 1 aliphatic heterocycles. The van der Waals surface area contributed by atoms with Crippen LogP contribution in [0.1, 0.15) is 25.0 Å². The third kappa shape index (κ3) is 5.75. The van der Waals surface area contributed by atoms with E-state index < -0.39 is 0 Å². The summed E-state index contributed by atoms with van der Waals surface area (Å²) >= 11 is 0. The summed E-state index contributed by atoms with van der Waals surface area (Å²) in [5.41, 5.74) is 5.29. The minimum Gasteiger partial charge on any atom is -0.373 e. The topological polar surface area (TPSA) is 71.4 Å². The zero-order chi connectivity index (χ0) is 24.9. The first-order valence-corrected chi connectivity index (χ1v) is 12.6. The van der Waals surface area contributed by atoms with Gasteiger partial charge in [0.25, 0.3) is 0 Å². The largest absolute Gasteiger partial charge is 0.373 e. The summed E-state index contributed by atoms with van der Waals surface area (Å²) in [5, 5.41) is 7.04. The summed E-state index contributed by atoms with van der Waals surface area (Å²) in [5.74, 6) is 0. The van der Waals surface area contributed by atoms with Crippen LogP contribution < -0.4 is 10.6 Å². The Morgan fingerprint density at radius 3 is 2.56 bits per heavy atom. The van der Waals surface area contributed by atoms with Crippen LogP contribution >= 0.6 is 0 Å². The molecule has 2 aromatic heterocycles. The molecule has 0 radical (unpaired) electrons. The van der Waals surface area contributed by atoms with Gasteiger partial charge in [0.1, 0.15) is 0 Å². The highest BCUT2D eigenvalue weighted by Gasteiger charge is 2.22. The maximum atomic E-state index is 12.3. The highest BCUT2D eigenvalue weighted by molar-refractivity contribution is 5.89. The first-order valence-electron chi connectivity index (χ1n) is 12.6. The maximum absolute atomic E-state index is 12.3. The summed E-state index contributed by atoms with van der Waals surface area (Å²) in [6, 6.07) is 20.0. The number of carbonyl (C=O) groups is 1. The number of benzene rings is 2. The number of fused-ring (bicyclic) bond motifs is 1. The number of morpholine rings is 1. The van der Waals surface area contributed by atoms with E-state index in [2.05, 4.69) is 69.4 Å². The molecule has 1 aliphatic rings. The van der Waals surface area contributed by atoms with Gasteiger partial charge in [0.2, 0.25) is 0 Å². The number of carbonyl (C=O) groups excluding carboxylic acids is 1. The first kappa shape index (κ1) is 24.0. The smallest absolute Gasteiger partial charge is 0.319 e. The lowest BCUT2D eigenvalue weighted by Crippen LogP contribution is -2.46. The van der Waals surface area contributed by atoms with E-state index in [0.717, 1.165) is 43.0 Å². The number of para-hydroxylation sites is 1. The summed E-state index contributed by atoms with van der Waals surface area (Å²) in [7, 11) is 0. The Kier molecular flexibility index (Phi) is 7.30. The van der Waals surface area contributed by atoms with Crippen LogP contribution in [0.15, 0.2) is 79.3 Å². The third-order valence-electron chi connectivity index (χ3n) is 6.57. The van der Waals surface area contributed by atoms with Gasteiger partial charge in [-0.05, 0) is 67.8 Å². The van der Waals surface area contributed by atoms with Crippen LogP contribution in [0.2, 0.25) is 0 Å². The van der Waals surface area contributed by atoms with Crippen molar-refractivity contribution in [1.82, 2.24) is 19.8 Å². The molecular formula is C29H33N5O2. The van der Waals surface area contributed by atoms with Crippen molar-refractivity contribution in [3.63, 3.8) is 0 Å². The summed E-state index contributed by atoms with van der Waals surface area (Å²) in [4.78, 5) is 18.9. The molecule has 2 aromatic carbocycles. The number of aromatic nitrogens is 2. The first-order chi connectivity index (χ1) is 17.5. The molecule has 0 bridgehead atoms. The summed E-state index contributed by atoms with van der Waals surface area (Å²) in [6.45, 7) is 7.71. The van der Waals surface area contributed by atoms with Gasteiger partial charge in [-0.2, -0.15) is 0 Å². The van der Waals surface area contributed by atoms with E-state index in [1.807, 2.05) is 36.4 Å². The van der Waals surface area contributed by atoms with Crippen LogP contribution in [-0.2, 0) is 17.7 Å². The average Bonchev–Trinajstić information content (AvgIpc) is 3.25. The zero-order valence-electron chi connectivity index (χ0n) is 20.9. The van der Waals surface area contributed by atoms with Crippen molar-refractivity contribution in [2.75, 3.05) is 25.0 Å². The molecule has 0 aliphatic carbocycles. The molecule has 7 nitrogen and oxygen atoms in total. The van der Waals surface area contributed by atoms with Crippen LogP contribution in [-0.4, -0.2) is 52.3 Å². The molecule has 4 aromatic rings. The van der Waals surface area contributed by atoms with E-state index in [1.54, 1.807) is 12.4 Å². The minimum absolute atomic E-state index is 0.243. The lowest BCUT2D eigenvalue weighted by molar-refractivity contribution is -0.0675. The van der Waals surface area contributed by atoms with Crippen molar-refractivity contribution in [3.8, 4) is 5.69 Å². The van der Waals surface area contributed by atoms with Gasteiger partial charge in [-0.3, -0.25) is 9.88 Å². The number of nitrogens with zero attached hydrogens (tertiary/aromatic N) is 3. The van der Waals surface area contributed by atoms with E-state index in [9.17, 15) is 4.79 Å². The molecule has 2 atom stereocenters. The lowest BCUT2D eigenvalue weighted by atomic mass is 10.1. The second kappa shape index (κ2) is 10.9. The number of hydrogen-bond donors (Lipinski definition) is 2. The molecule has 1 saturated heterocycles. The van der Waals surface area contributed by atoms with Crippen LogP contribution in [0.25, 0.3) is 16.6 Å². The van der Waals surface area contributed by atoms with Gasteiger partial charge in [-0.1, -0.05) is 24.3 Å². The SMILES string of the molecule is CC1CN(CCc2cn(-c3ccc(NC(=O)NCc4cccnc4)cc3)c3ccccc23)CC(C)O1. The summed E-state index contributed by atoms with van der Waals surface area (Å²) in [6.07, 6.45) is 7.25. The van der Waals surface area contributed by atoms with E-state index in [-0.39, 0.29) is 18.2 Å². The summed E-state index contributed by atoms with van der Waals surface area (Å²) < 4.78 is 8.13. The van der Waals surface area contributed by atoms with Crippen LogP contribution in [0, 0.1) is 0 Å². The molecule has 5 rings (SSSR count). The van der Waals surface area contributed by atoms with E-state index >= 15 is 0 Å². The van der Waals surface area contributed by atoms with Gasteiger partial charge in [0.05, 0.1) is 17.7 Å². The van der Waals surface area contributed by atoms with E-state index in [1.165, 1.54) is 16.5 Å². The molecular weight excluding hydrogens is 450 g/mol.